The zero-order valence-electron chi connectivity index (χ0n) is 11.8. The van der Waals surface area contributed by atoms with Gasteiger partial charge in [0.25, 0.3) is 0 Å². The van der Waals surface area contributed by atoms with E-state index in [0.29, 0.717) is 33.7 Å². The van der Waals surface area contributed by atoms with Gasteiger partial charge in [0, 0.05) is 5.56 Å². The second-order valence-corrected chi connectivity index (χ2v) is 4.76. The summed E-state index contributed by atoms with van der Waals surface area (Å²) in [5.74, 6) is 0.465. The fraction of sp³-hybridized carbons (Fsp3) is 0.125. The summed E-state index contributed by atoms with van der Waals surface area (Å²) in [5, 5.41) is 19.1. The number of phenolic OH excluding ortho intramolecular Hbond substituents is 1. The third-order valence-corrected chi connectivity index (χ3v) is 3.42. The number of hydrogen-bond acceptors (Lipinski definition) is 5. The first-order valence-corrected chi connectivity index (χ1v) is 6.64. The average Bonchev–Trinajstić information content (AvgIpc) is 2.97. The summed E-state index contributed by atoms with van der Waals surface area (Å²) in [6, 6.07) is 10.0. The molecule has 6 heteroatoms. The van der Waals surface area contributed by atoms with E-state index in [1.807, 2.05) is 0 Å². The van der Waals surface area contributed by atoms with Crippen LogP contribution in [0.15, 0.2) is 36.4 Å². The van der Waals surface area contributed by atoms with Gasteiger partial charge in [-0.2, -0.15) is 0 Å². The Morgan fingerprint density at radius 3 is 2.86 bits per heavy atom. The number of imidazole rings is 1. The van der Waals surface area contributed by atoms with Crippen LogP contribution in [0.1, 0.15) is 10.4 Å². The Kier molecular flexibility index (Phi) is 3.52. The van der Waals surface area contributed by atoms with Gasteiger partial charge in [0.1, 0.15) is 12.4 Å². The molecule has 3 aromatic rings. The molecule has 6 nitrogen and oxygen atoms in total. The molecule has 0 atom stereocenters. The SMILES string of the molecule is COc1cccc(-c2nc3ccc(C(=O)CO)cc3[nH]2)c1O. The summed E-state index contributed by atoms with van der Waals surface area (Å²) in [7, 11) is 1.48. The normalized spacial score (nSPS) is 10.8. The van der Waals surface area contributed by atoms with Crippen molar-refractivity contribution >= 4 is 16.8 Å². The lowest BCUT2D eigenvalue weighted by molar-refractivity contribution is 0.0904. The van der Waals surface area contributed by atoms with Gasteiger partial charge in [0.15, 0.2) is 17.3 Å². The van der Waals surface area contributed by atoms with Crippen LogP contribution in [-0.4, -0.2) is 39.7 Å². The number of nitrogens with one attached hydrogen (secondary N) is 1. The number of rotatable bonds is 4. The molecule has 1 heterocycles. The Morgan fingerprint density at radius 1 is 1.32 bits per heavy atom. The highest BCUT2D eigenvalue weighted by Gasteiger charge is 2.14. The number of carbonyl (C=O) groups is 1. The molecule has 0 saturated heterocycles. The van der Waals surface area contributed by atoms with Gasteiger partial charge < -0.3 is 19.9 Å². The van der Waals surface area contributed by atoms with Gasteiger partial charge in [0.2, 0.25) is 0 Å². The zero-order chi connectivity index (χ0) is 15.7. The van der Waals surface area contributed by atoms with Crippen LogP contribution >= 0.6 is 0 Å². The maximum absolute atomic E-state index is 11.5. The van der Waals surface area contributed by atoms with Crippen molar-refractivity contribution in [2.45, 2.75) is 0 Å². The van der Waals surface area contributed by atoms with E-state index < -0.39 is 6.61 Å². The predicted octanol–water partition coefficient (Wildman–Crippen LogP) is 2.12. The number of ether oxygens (including phenoxy) is 1. The van der Waals surface area contributed by atoms with Gasteiger partial charge in [-0.25, -0.2) is 4.98 Å². The van der Waals surface area contributed by atoms with Crippen LogP contribution in [0.3, 0.4) is 0 Å². The Morgan fingerprint density at radius 2 is 2.14 bits per heavy atom. The molecule has 0 spiro atoms. The summed E-state index contributed by atoms with van der Waals surface area (Å²) in [4.78, 5) is 19.0. The van der Waals surface area contributed by atoms with Crippen LogP contribution in [-0.2, 0) is 0 Å². The van der Waals surface area contributed by atoms with Gasteiger partial charge in [-0.1, -0.05) is 6.07 Å². The van der Waals surface area contributed by atoms with Crippen molar-refractivity contribution in [1.82, 2.24) is 9.97 Å². The molecule has 0 aliphatic rings. The molecule has 0 saturated carbocycles. The van der Waals surface area contributed by atoms with E-state index >= 15 is 0 Å². The van der Waals surface area contributed by atoms with Gasteiger partial charge in [-0.05, 0) is 30.3 Å². The lowest BCUT2D eigenvalue weighted by atomic mass is 10.1. The van der Waals surface area contributed by atoms with Crippen molar-refractivity contribution in [2.75, 3.05) is 13.7 Å². The smallest absolute Gasteiger partial charge is 0.188 e. The Hall–Kier alpha value is -2.86. The van der Waals surface area contributed by atoms with E-state index in [2.05, 4.69) is 9.97 Å². The lowest BCUT2D eigenvalue weighted by Gasteiger charge is -2.06. The number of nitrogens with zero attached hydrogens (tertiary/aromatic N) is 1. The fourth-order valence-electron chi connectivity index (χ4n) is 2.28. The molecular weight excluding hydrogens is 284 g/mol. The molecular formula is C16H14N2O4. The fourth-order valence-corrected chi connectivity index (χ4v) is 2.28. The number of aliphatic hydroxyl groups excluding tert-OH is 1. The first-order chi connectivity index (χ1) is 10.6. The molecule has 1 aromatic heterocycles. The van der Waals surface area contributed by atoms with E-state index in [1.165, 1.54) is 7.11 Å². The summed E-state index contributed by atoms with van der Waals surface area (Å²) >= 11 is 0. The van der Waals surface area contributed by atoms with E-state index in [0.717, 1.165) is 0 Å². The first-order valence-electron chi connectivity index (χ1n) is 6.64. The molecule has 3 N–H and O–H groups in total. The second kappa shape index (κ2) is 5.50. The number of ketones is 1. The molecule has 112 valence electrons. The Bertz CT molecular complexity index is 854. The number of hydrogen-bond donors (Lipinski definition) is 3. The minimum Gasteiger partial charge on any atom is -0.504 e. The zero-order valence-corrected chi connectivity index (χ0v) is 11.8. The molecule has 3 rings (SSSR count). The van der Waals surface area contributed by atoms with E-state index in [1.54, 1.807) is 36.4 Å². The maximum Gasteiger partial charge on any atom is 0.188 e. The van der Waals surface area contributed by atoms with Crippen molar-refractivity contribution in [3.8, 4) is 22.9 Å². The minimum atomic E-state index is -0.539. The lowest BCUT2D eigenvalue weighted by Crippen LogP contribution is -2.03. The van der Waals surface area contributed by atoms with Gasteiger partial charge in [-0.3, -0.25) is 4.79 Å². The Balaban J connectivity index is 2.11. The van der Waals surface area contributed by atoms with Crippen molar-refractivity contribution < 1.29 is 19.7 Å². The molecule has 0 aliphatic heterocycles. The van der Waals surface area contributed by atoms with Crippen molar-refractivity contribution in [3.05, 3.63) is 42.0 Å². The molecule has 0 fully saturated rings. The molecule has 2 aromatic carbocycles. The Labute approximate surface area is 126 Å². The highest BCUT2D eigenvalue weighted by molar-refractivity contribution is 5.99. The third-order valence-electron chi connectivity index (χ3n) is 3.42. The summed E-state index contributed by atoms with van der Waals surface area (Å²) < 4.78 is 5.08. The van der Waals surface area contributed by atoms with Gasteiger partial charge >= 0.3 is 0 Å². The first kappa shape index (κ1) is 14.1. The number of aliphatic hydroxyl groups is 1. The van der Waals surface area contributed by atoms with Crippen LogP contribution < -0.4 is 4.74 Å². The van der Waals surface area contributed by atoms with Crippen molar-refractivity contribution in [1.29, 1.82) is 0 Å². The summed E-state index contributed by atoms with van der Waals surface area (Å²) in [5.41, 5.74) is 2.22. The number of para-hydroxylation sites is 1. The molecule has 22 heavy (non-hydrogen) atoms. The monoisotopic (exact) mass is 298 g/mol. The largest absolute Gasteiger partial charge is 0.504 e. The predicted molar refractivity (Wildman–Crippen MR) is 81.2 cm³/mol. The van der Waals surface area contributed by atoms with Crippen molar-refractivity contribution in [3.63, 3.8) is 0 Å². The number of aromatic hydroxyl groups is 1. The number of benzene rings is 2. The highest BCUT2D eigenvalue weighted by Crippen LogP contribution is 2.36. The van der Waals surface area contributed by atoms with Crippen LogP contribution in [0.2, 0.25) is 0 Å². The maximum atomic E-state index is 11.5. The second-order valence-electron chi connectivity index (χ2n) is 4.76. The van der Waals surface area contributed by atoms with Crippen LogP contribution in [0, 0.1) is 0 Å². The summed E-state index contributed by atoms with van der Waals surface area (Å²) in [6.45, 7) is -0.539. The average molecular weight is 298 g/mol. The van der Waals surface area contributed by atoms with Gasteiger partial charge in [0.05, 0.1) is 23.7 Å². The van der Waals surface area contributed by atoms with E-state index in [9.17, 15) is 9.90 Å². The number of Topliss-reactive ketones (excluding diaryl/α,β-unsaturated/α-hetero) is 1. The molecule has 0 bridgehead atoms. The van der Waals surface area contributed by atoms with Crippen molar-refractivity contribution in [2.24, 2.45) is 0 Å². The number of carbonyl (C=O) groups excluding carboxylic acids is 1. The number of methoxy groups -OCH3 is 1. The molecule has 0 aliphatic carbocycles. The standard InChI is InChI=1S/C16H14N2O4/c1-22-14-4-2-3-10(15(14)21)16-17-11-6-5-9(13(20)8-19)7-12(11)18-16/h2-7,19,21H,8H2,1H3,(H,17,18). The number of H-pyrrole nitrogens is 1. The van der Waals surface area contributed by atoms with E-state index in [4.69, 9.17) is 9.84 Å². The molecule has 0 unspecified atom stereocenters. The number of phenols is 1. The quantitative estimate of drug-likeness (QED) is 0.641. The molecule has 0 amide bonds. The minimum absolute atomic E-state index is 0.00397. The van der Waals surface area contributed by atoms with E-state index in [-0.39, 0.29) is 11.5 Å². The third kappa shape index (κ3) is 2.29. The number of aromatic nitrogens is 2. The molecule has 0 radical (unpaired) electrons. The summed E-state index contributed by atoms with van der Waals surface area (Å²) in [6.07, 6.45) is 0. The van der Waals surface area contributed by atoms with Crippen LogP contribution in [0.4, 0.5) is 0 Å². The number of aromatic amines is 1. The van der Waals surface area contributed by atoms with Crippen LogP contribution in [0.25, 0.3) is 22.4 Å². The number of fused-ring (bicyclic) bond motifs is 1. The van der Waals surface area contributed by atoms with Gasteiger partial charge in [-0.15, -0.1) is 0 Å². The van der Waals surface area contributed by atoms with Crippen LogP contribution in [0.5, 0.6) is 11.5 Å². The highest BCUT2D eigenvalue weighted by atomic mass is 16.5. The topological polar surface area (TPSA) is 95.4 Å².